The fourth-order valence-corrected chi connectivity index (χ4v) is 3.09. The monoisotopic (exact) mass is 333 g/mol. The van der Waals surface area contributed by atoms with Crippen molar-refractivity contribution in [2.75, 3.05) is 0 Å². The number of rotatable bonds is 1. The Kier molecular flexibility index (Phi) is 2.97. The Bertz CT molecular complexity index is 960. The zero-order chi connectivity index (χ0) is 14.2. The number of hydrogen-bond acceptors (Lipinski definition) is 1. The Morgan fingerprint density at radius 2 is 1.48 bits per heavy atom. The summed E-state index contributed by atoms with van der Waals surface area (Å²) < 4.78 is 0.860. The fourth-order valence-electron chi connectivity index (χ4n) is 2.74. The summed E-state index contributed by atoms with van der Waals surface area (Å²) in [6, 6.07) is 25.4. The Morgan fingerprint density at radius 3 is 2.38 bits per heavy atom. The molecule has 4 aromatic rings. The van der Waals surface area contributed by atoms with Gasteiger partial charge in [0.25, 0.3) is 0 Å². The van der Waals surface area contributed by atoms with Gasteiger partial charge < -0.3 is 0 Å². The molecule has 100 valence electrons. The van der Waals surface area contributed by atoms with E-state index < -0.39 is 0 Å². The molecule has 0 amide bonds. The van der Waals surface area contributed by atoms with Gasteiger partial charge in [0.15, 0.2) is 0 Å². The highest BCUT2D eigenvalue weighted by molar-refractivity contribution is 9.10. The maximum atomic E-state index is 4.53. The van der Waals surface area contributed by atoms with E-state index >= 15 is 0 Å². The average molecular weight is 334 g/mol. The van der Waals surface area contributed by atoms with Crippen LogP contribution in [0.4, 0.5) is 0 Å². The smallest absolute Gasteiger partial charge is 0.106 e. The number of benzene rings is 3. The first-order chi connectivity index (χ1) is 10.3. The number of hydrogen-bond donors (Lipinski definition) is 0. The van der Waals surface area contributed by atoms with Crippen LogP contribution in [0.15, 0.2) is 77.4 Å². The van der Waals surface area contributed by atoms with Gasteiger partial charge in [0.2, 0.25) is 0 Å². The third-order valence-corrected chi connectivity index (χ3v) is 4.20. The summed E-state index contributed by atoms with van der Waals surface area (Å²) in [6.45, 7) is 0. The molecule has 0 radical (unpaired) electrons. The van der Waals surface area contributed by atoms with E-state index in [1.54, 1.807) is 0 Å². The quantitative estimate of drug-likeness (QED) is 0.316. The van der Waals surface area contributed by atoms with Crippen molar-refractivity contribution < 1.29 is 0 Å². The summed E-state index contributed by atoms with van der Waals surface area (Å²) in [5.41, 5.74) is 2.12. The van der Waals surface area contributed by atoms with Gasteiger partial charge in [0.05, 0.1) is 5.69 Å². The van der Waals surface area contributed by atoms with E-state index in [1.165, 1.54) is 21.5 Å². The molecule has 0 saturated carbocycles. The van der Waals surface area contributed by atoms with Crippen molar-refractivity contribution in [1.29, 1.82) is 0 Å². The van der Waals surface area contributed by atoms with E-state index in [4.69, 9.17) is 0 Å². The minimum Gasteiger partial charge on any atom is -0.241 e. The van der Waals surface area contributed by atoms with Gasteiger partial charge in [-0.15, -0.1) is 0 Å². The van der Waals surface area contributed by atoms with E-state index in [0.29, 0.717) is 0 Å². The molecule has 0 saturated heterocycles. The number of pyridine rings is 1. The van der Waals surface area contributed by atoms with Gasteiger partial charge in [0, 0.05) is 5.56 Å². The molecular formula is C19H12BrN. The Labute approximate surface area is 131 Å². The molecule has 0 fully saturated rings. The van der Waals surface area contributed by atoms with Crippen LogP contribution in [-0.2, 0) is 0 Å². The summed E-state index contributed by atoms with van der Waals surface area (Å²) in [4.78, 5) is 4.53. The standard InChI is InChI=1S/C19H12BrN/c20-19-7-3-6-18(21-19)15-10-11-17-14(12-15)9-8-13-4-1-2-5-16(13)17/h1-12H. The number of nitrogens with zero attached hydrogens (tertiary/aromatic N) is 1. The molecular weight excluding hydrogens is 322 g/mol. The van der Waals surface area contributed by atoms with Crippen LogP contribution in [0.25, 0.3) is 32.8 Å². The van der Waals surface area contributed by atoms with Gasteiger partial charge in [-0.1, -0.05) is 54.6 Å². The van der Waals surface area contributed by atoms with E-state index in [1.807, 2.05) is 18.2 Å². The third kappa shape index (κ3) is 2.22. The highest BCUT2D eigenvalue weighted by Gasteiger charge is 2.04. The van der Waals surface area contributed by atoms with Crippen molar-refractivity contribution in [2.45, 2.75) is 0 Å². The first-order valence-corrected chi connectivity index (χ1v) is 7.65. The molecule has 0 N–H and O–H groups in total. The second kappa shape index (κ2) is 4.97. The molecule has 1 heterocycles. The van der Waals surface area contributed by atoms with E-state index in [-0.39, 0.29) is 0 Å². The van der Waals surface area contributed by atoms with Crippen molar-refractivity contribution in [3.63, 3.8) is 0 Å². The lowest BCUT2D eigenvalue weighted by molar-refractivity contribution is 1.28. The Morgan fingerprint density at radius 1 is 0.667 bits per heavy atom. The van der Waals surface area contributed by atoms with Crippen molar-refractivity contribution >= 4 is 37.5 Å². The molecule has 2 heteroatoms. The molecule has 0 aliphatic rings. The molecule has 1 aromatic heterocycles. The van der Waals surface area contributed by atoms with Gasteiger partial charge in [-0.05, 0) is 55.7 Å². The van der Waals surface area contributed by atoms with Gasteiger partial charge in [-0.2, -0.15) is 0 Å². The second-order valence-electron chi connectivity index (χ2n) is 5.07. The van der Waals surface area contributed by atoms with Crippen LogP contribution in [0.2, 0.25) is 0 Å². The molecule has 0 atom stereocenters. The van der Waals surface area contributed by atoms with Crippen LogP contribution in [-0.4, -0.2) is 4.98 Å². The summed E-state index contributed by atoms with van der Waals surface area (Å²) in [5.74, 6) is 0. The minimum absolute atomic E-state index is 0.860. The molecule has 4 rings (SSSR count). The van der Waals surface area contributed by atoms with Crippen LogP contribution in [0.1, 0.15) is 0 Å². The lowest BCUT2D eigenvalue weighted by Crippen LogP contribution is -1.85. The van der Waals surface area contributed by atoms with Crippen LogP contribution < -0.4 is 0 Å². The maximum Gasteiger partial charge on any atom is 0.106 e. The molecule has 21 heavy (non-hydrogen) atoms. The molecule has 0 aliphatic heterocycles. The number of aromatic nitrogens is 1. The van der Waals surface area contributed by atoms with Crippen molar-refractivity contribution in [1.82, 2.24) is 4.98 Å². The number of halogens is 1. The Balaban J connectivity index is 1.97. The topological polar surface area (TPSA) is 12.9 Å². The van der Waals surface area contributed by atoms with Crippen LogP contribution in [0.5, 0.6) is 0 Å². The third-order valence-electron chi connectivity index (χ3n) is 3.76. The largest absolute Gasteiger partial charge is 0.241 e. The van der Waals surface area contributed by atoms with Crippen LogP contribution in [0, 0.1) is 0 Å². The van der Waals surface area contributed by atoms with E-state index in [0.717, 1.165) is 15.9 Å². The molecule has 0 bridgehead atoms. The van der Waals surface area contributed by atoms with Crippen molar-refractivity contribution in [2.24, 2.45) is 0 Å². The predicted molar refractivity (Wildman–Crippen MR) is 92.4 cm³/mol. The molecule has 0 spiro atoms. The highest BCUT2D eigenvalue weighted by atomic mass is 79.9. The van der Waals surface area contributed by atoms with Crippen LogP contribution >= 0.6 is 15.9 Å². The molecule has 0 unspecified atom stereocenters. The predicted octanol–water partition coefficient (Wildman–Crippen LogP) is 5.82. The summed E-state index contributed by atoms with van der Waals surface area (Å²) in [5, 5.41) is 5.10. The van der Waals surface area contributed by atoms with E-state index in [9.17, 15) is 0 Å². The van der Waals surface area contributed by atoms with Gasteiger partial charge in [-0.3, -0.25) is 0 Å². The van der Waals surface area contributed by atoms with E-state index in [2.05, 4.69) is 75.5 Å². The Hall–Kier alpha value is -2.19. The fraction of sp³-hybridized carbons (Fsp3) is 0. The van der Waals surface area contributed by atoms with Gasteiger partial charge >= 0.3 is 0 Å². The van der Waals surface area contributed by atoms with Gasteiger partial charge in [0.1, 0.15) is 4.60 Å². The highest BCUT2D eigenvalue weighted by Crippen LogP contribution is 2.29. The molecule has 0 aliphatic carbocycles. The summed E-state index contributed by atoms with van der Waals surface area (Å²) in [7, 11) is 0. The first kappa shape index (κ1) is 12.5. The lowest BCUT2D eigenvalue weighted by Gasteiger charge is -2.07. The molecule has 1 nitrogen and oxygen atoms in total. The number of fused-ring (bicyclic) bond motifs is 3. The summed E-state index contributed by atoms with van der Waals surface area (Å²) in [6.07, 6.45) is 0. The first-order valence-electron chi connectivity index (χ1n) is 6.86. The van der Waals surface area contributed by atoms with Gasteiger partial charge in [-0.25, -0.2) is 4.98 Å². The zero-order valence-electron chi connectivity index (χ0n) is 11.3. The minimum atomic E-state index is 0.860. The SMILES string of the molecule is Brc1cccc(-c2ccc3c(ccc4ccccc43)c2)n1. The van der Waals surface area contributed by atoms with Crippen LogP contribution in [0.3, 0.4) is 0 Å². The lowest BCUT2D eigenvalue weighted by atomic mass is 9.99. The van der Waals surface area contributed by atoms with Crippen molar-refractivity contribution in [3.05, 3.63) is 77.4 Å². The molecule has 3 aromatic carbocycles. The average Bonchev–Trinajstić information content (AvgIpc) is 2.54. The zero-order valence-corrected chi connectivity index (χ0v) is 12.8. The second-order valence-corrected chi connectivity index (χ2v) is 5.88. The van der Waals surface area contributed by atoms with Crippen molar-refractivity contribution in [3.8, 4) is 11.3 Å². The maximum absolute atomic E-state index is 4.53. The summed E-state index contributed by atoms with van der Waals surface area (Å²) >= 11 is 3.43. The normalized spacial score (nSPS) is 11.1.